The second kappa shape index (κ2) is 8.00. The summed E-state index contributed by atoms with van der Waals surface area (Å²) >= 11 is 0. The van der Waals surface area contributed by atoms with Gasteiger partial charge in [-0.25, -0.2) is 0 Å². The molecule has 7 aromatic rings. The quantitative estimate of drug-likeness (QED) is 0.246. The van der Waals surface area contributed by atoms with Crippen molar-refractivity contribution < 1.29 is 4.42 Å². The number of hydrogen-bond acceptors (Lipinski definition) is 1. The minimum Gasteiger partial charge on any atom is -0.455 e. The van der Waals surface area contributed by atoms with Gasteiger partial charge < -0.3 is 4.42 Å². The second-order valence-electron chi connectivity index (χ2n) is 8.94. The van der Waals surface area contributed by atoms with E-state index in [-0.39, 0.29) is 0 Å². The van der Waals surface area contributed by atoms with E-state index < -0.39 is 0 Å². The zero-order chi connectivity index (χ0) is 23.2. The highest BCUT2D eigenvalue weighted by Gasteiger charge is 2.19. The highest BCUT2D eigenvalue weighted by molar-refractivity contribution is 6.16. The van der Waals surface area contributed by atoms with E-state index in [9.17, 15) is 0 Å². The molecular weight excluding hydrogens is 424 g/mol. The van der Waals surface area contributed by atoms with Gasteiger partial charge in [0, 0.05) is 27.3 Å². The van der Waals surface area contributed by atoms with Crippen molar-refractivity contribution in [3.05, 3.63) is 133 Å². The van der Waals surface area contributed by atoms with Crippen LogP contribution >= 0.6 is 0 Å². The van der Waals surface area contributed by atoms with Gasteiger partial charge in [0.2, 0.25) is 0 Å². The number of furan rings is 1. The van der Waals surface area contributed by atoms with E-state index in [0.29, 0.717) is 0 Å². The number of benzene rings is 6. The summed E-state index contributed by atoms with van der Waals surface area (Å²) in [6, 6.07) is 47.1. The second-order valence-corrected chi connectivity index (χ2v) is 8.94. The lowest BCUT2D eigenvalue weighted by molar-refractivity contribution is 0.602. The molecule has 0 fully saturated rings. The summed E-state index contributed by atoms with van der Waals surface area (Å²) < 4.78 is 6.79. The summed E-state index contributed by atoms with van der Waals surface area (Å²) in [5, 5.41) is 7.19. The van der Waals surface area contributed by atoms with E-state index >= 15 is 0 Å². The smallest absolute Gasteiger partial charge is 0.143 e. The van der Waals surface area contributed by atoms with Crippen LogP contribution in [-0.2, 0) is 0 Å². The van der Waals surface area contributed by atoms with Crippen LogP contribution in [0.2, 0.25) is 0 Å². The van der Waals surface area contributed by atoms with Crippen molar-refractivity contribution in [2.45, 2.75) is 0 Å². The van der Waals surface area contributed by atoms with Crippen molar-refractivity contribution in [1.29, 1.82) is 0 Å². The SMILES string of the molecule is c1ccc(-c2cccc(-c3oc(-c4cccc5ccc6ccccc6c45)c4ccccc34)c2)cc1. The zero-order valence-electron chi connectivity index (χ0n) is 19.1. The Morgan fingerprint density at radius 3 is 1.83 bits per heavy atom. The fourth-order valence-electron chi connectivity index (χ4n) is 5.22. The highest BCUT2D eigenvalue weighted by atomic mass is 16.3. The monoisotopic (exact) mass is 446 g/mol. The third kappa shape index (κ3) is 3.25. The normalized spacial score (nSPS) is 11.4. The largest absolute Gasteiger partial charge is 0.455 e. The molecule has 0 radical (unpaired) electrons. The number of hydrogen-bond donors (Lipinski definition) is 0. The summed E-state index contributed by atoms with van der Waals surface area (Å²) in [7, 11) is 0. The van der Waals surface area contributed by atoms with Crippen LogP contribution in [0, 0.1) is 0 Å². The molecule has 1 aromatic heterocycles. The van der Waals surface area contributed by atoms with Crippen molar-refractivity contribution in [1.82, 2.24) is 0 Å². The third-order valence-electron chi connectivity index (χ3n) is 6.87. The van der Waals surface area contributed by atoms with E-state index in [2.05, 4.69) is 127 Å². The van der Waals surface area contributed by atoms with Gasteiger partial charge >= 0.3 is 0 Å². The molecule has 0 saturated carbocycles. The molecule has 1 heteroatoms. The van der Waals surface area contributed by atoms with Gasteiger partial charge in [-0.1, -0.05) is 127 Å². The Labute approximate surface area is 203 Å². The minimum atomic E-state index is 0.908. The van der Waals surface area contributed by atoms with Crippen LogP contribution in [0.1, 0.15) is 0 Å². The van der Waals surface area contributed by atoms with Gasteiger partial charge in [0.1, 0.15) is 11.5 Å². The predicted octanol–water partition coefficient (Wildman–Crippen LogP) is 9.74. The van der Waals surface area contributed by atoms with Gasteiger partial charge in [-0.3, -0.25) is 0 Å². The van der Waals surface area contributed by atoms with Crippen molar-refractivity contribution in [3.8, 4) is 33.8 Å². The summed E-state index contributed by atoms with van der Waals surface area (Å²) in [5.41, 5.74) is 4.59. The fraction of sp³-hybridized carbons (Fsp3) is 0. The van der Waals surface area contributed by atoms with Crippen LogP contribution in [0.5, 0.6) is 0 Å². The third-order valence-corrected chi connectivity index (χ3v) is 6.87. The first-order chi connectivity index (χ1) is 17.4. The summed E-state index contributed by atoms with van der Waals surface area (Å²) in [6.45, 7) is 0. The Morgan fingerprint density at radius 1 is 0.371 bits per heavy atom. The molecule has 1 nitrogen and oxygen atoms in total. The molecule has 0 unspecified atom stereocenters. The molecule has 0 saturated heterocycles. The van der Waals surface area contributed by atoms with Crippen molar-refractivity contribution in [2.75, 3.05) is 0 Å². The Balaban J connectivity index is 1.50. The van der Waals surface area contributed by atoms with Gasteiger partial charge in [0.25, 0.3) is 0 Å². The predicted molar refractivity (Wildman–Crippen MR) is 148 cm³/mol. The molecule has 7 rings (SSSR count). The molecule has 35 heavy (non-hydrogen) atoms. The first-order valence-corrected chi connectivity index (χ1v) is 11.9. The Bertz CT molecular complexity index is 1840. The van der Waals surface area contributed by atoms with Crippen LogP contribution in [0.15, 0.2) is 138 Å². The fourth-order valence-corrected chi connectivity index (χ4v) is 5.22. The molecule has 0 spiro atoms. The number of rotatable bonds is 3. The average Bonchev–Trinajstić information content (AvgIpc) is 3.33. The molecule has 0 bridgehead atoms. The molecule has 164 valence electrons. The maximum Gasteiger partial charge on any atom is 0.143 e. The van der Waals surface area contributed by atoms with Crippen LogP contribution in [-0.4, -0.2) is 0 Å². The Hall–Kier alpha value is -4.62. The van der Waals surface area contributed by atoms with E-state index in [0.717, 1.165) is 33.4 Å². The molecule has 0 atom stereocenters. The van der Waals surface area contributed by atoms with Crippen molar-refractivity contribution in [2.24, 2.45) is 0 Å². The van der Waals surface area contributed by atoms with Crippen LogP contribution in [0.25, 0.3) is 66.1 Å². The van der Waals surface area contributed by atoms with Gasteiger partial charge in [-0.05, 0) is 33.4 Å². The van der Waals surface area contributed by atoms with Crippen molar-refractivity contribution >= 4 is 32.3 Å². The number of fused-ring (bicyclic) bond motifs is 4. The molecule has 0 aliphatic carbocycles. The van der Waals surface area contributed by atoms with E-state index in [1.54, 1.807) is 0 Å². The van der Waals surface area contributed by atoms with E-state index in [4.69, 9.17) is 4.42 Å². The molecule has 0 aliphatic rings. The van der Waals surface area contributed by atoms with Gasteiger partial charge in [-0.15, -0.1) is 0 Å². The maximum atomic E-state index is 6.79. The molecule has 6 aromatic carbocycles. The maximum absolute atomic E-state index is 6.79. The lowest BCUT2D eigenvalue weighted by Crippen LogP contribution is -1.83. The molecular formula is C34H22O. The topological polar surface area (TPSA) is 13.1 Å². The van der Waals surface area contributed by atoms with Crippen LogP contribution in [0.3, 0.4) is 0 Å². The van der Waals surface area contributed by atoms with E-state index in [1.807, 2.05) is 6.07 Å². The molecule has 1 heterocycles. The first-order valence-electron chi connectivity index (χ1n) is 11.9. The van der Waals surface area contributed by atoms with Gasteiger partial charge in [0.05, 0.1) is 0 Å². The van der Waals surface area contributed by atoms with Gasteiger partial charge in [0.15, 0.2) is 0 Å². The minimum absolute atomic E-state index is 0.908. The lowest BCUT2D eigenvalue weighted by Gasteiger charge is -2.09. The summed E-state index contributed by atoms with van der Waals surface area (Å²) in [5.74, 6) is 1.83. The highest BCUT2D eigenvalue weighted by Crippen LogP contribution is 2.43. The Morgan fingerprint density at radius 2 is 0.971 bits per heavy atom. The van der Waals surface area contributed by atoms with E-state index in [1.165, 1.54) is 32.7 Å². The molecule has 0 N–H and O–H groups in total. The van der Waals surface area contributed by atoms with Gasteiger partial charge in [-0.2, -0.15) is 0 Å². The summed E-state index contributed by atoms with van der Waals surface area (Å²) in [4.78, 5) is 0. The first kappa shape index (κ1) is 19.8. The average molecular weight is 447 g/mol. The Kier molecular flexibility index (Phi) is 4.53. The molecule has 0 amide bonds. The zero-order valence-corrected chi connectivity index (χ0v) is 19.1. The van der Waals surface area contributed by atoms with Crippen molar-refractivity contribution in [3.63, 3.8) is 0 Å². The van der Waals surface area contributed by atoms with Crippen LogP contribution in [0.4, 0.5) is 0 Å². The lowest BCUT2D eigenvalue weighted by atomic mass is 9.95. The molecule has 0 aliphatic heterocycles. The van der Waals surface area contributed by atoms with Crippen LogP contribution < -0.4 is 0 Å². The summed E-state index contributed by atoms with van der Waals surface area (Å²) in [6.07, 6.45) is 0. The standard InChI is InChI=1S/C34H22O/c1-2-10-23(11-3-1)26-14-8-15-27(22-26)33-29-17-6-7-18-30(29)34(35-33)31-19-9-13-25-21-20-24-12-4-5-16-28(24)32(25)31/h1-22H.